The second-order valence-corrected chi connectivity index (χ2v) is 11.8. The van der Waals surface area contributed by atoms with E-state index < -0.39 is 17.6 Å². The van der Waals surface area contributed by atoms with Gasteiger partial charge in [0, 0.05) is 45.2 Å². The van der Waals surface area contributed by atoms with Crippen molar-refractivity contribution in [3.8, 4) is 0 Å². The fourth-order valence-electron chi connectivity index (χ4n) is 2.44. The van der Waals surface area contributed by atoms with Crippen LogP contribution in [0.25, 0.3) is 0 Å². The molecule has 0 spiro atoms. The predicted octanol–water partition coefficient (Wildman–Crippen LogP) is 4.21. The van der Waals surface area contributed by atoms with Crippen molar-refractivity contribution in [3.05, 3.63) is 12.2 Å². The highest BCUT2D eigenvalue weighted by Crippen LogP contribution is 2.16. The van der Waals surface area contributed by atoms with Crippen LogP contribution in [0.15, 0.2) is 12.2 Å². The maximum Gasteiger partial charge on any atom is 0.679 e. The van der Waals surface area contributed by atoms with Crippen LogP contribution in [0.5, 0.6) is 0 Å². The third-order valence-electron chi connectivity index (χ3n) is 3.54. The largest absolute Gasteiger partial charge is 0.679 e. The minimum Gasteiger partial charge on any atom is -0.462 e. The SMILES string of the molecule is C=C(C)C(=O)OCCC[Si](C)(OCC)OCC.CCO[Si](OCC)(OCC)OCC. The van der Waals surface area contributed by atoms with E-state index in [1.54, 1.807) is 6.92 Å². The molecule has 0 bridgehead atoms. The van der Waals surface area contributed by atoms with Crippen LogP contribution < -0.4 is 0 Å². The van der Waals surface area contributed by atoms with E-state index in [0.717, 1.165) is 12.5 Å². The summed E-state index contributed by atoms with van der Waals surface area (Å²) in [7, 11) is -4.86. The summed E-state index contributed by atoms with van der Waals surface area (Å²) < 4.78 is 38.1. The van der Waals surface area contributed by atoms with Crippen molar-refractivity contribution in [2.75, 3.05) is 46.2 Å². The Hall–Kier alpha value is -0.596. The van der Waals surface area contributed by atoms with Gasteiger partial charge >= 0.3 is 23.6 Å². The van der Waals surface area contributed by atoms with Gasteiger partial charge in [0.05, 0.1) is 6.61 Å². The maximum atomic E-state index is 11.1. The Kier molecular flexibility index (Phi) is 20.1. The molecule has 30 heavy (non-hydrogen) atoms. The van der Waals surface area contributed by atoms with Crippen molar-refractivity contribution in [2.24, 2.45) is 0 Å². The summed E-state index contributed by atoms with van der Waals surface area (Å²) in [6.45, 7) is 22.7. The zero-order chi connectivity index (χ0) is 23.5. The van der Waals surface area contributed by atoms with Crippen LogP contribution in [0.4, 0.5) is 0 Å². The topological polar surface area (TPSA) is 81.7 Å². The van der Waals surface area contributed by atoms with E-state index in [-0.39, 0.29) is 5.97 Å². The van der Waals surface area contributed by atoms with Crippen molar-refractivity contribution in [3.63, 3.8) is 0 Å². The molecule has 8 nitrogen and oxygen atoms in total. The van der Waals surface area contributed by atoms with Crippen LogP contribution in [0.3, 0.4) is 0 Å². The Morgan fingerprint density at radius 3 is 1.40 bits per heavy atom. The first-order valence-corrected chi connectivity index (χ1v) is 15.0. The summed E-state index contributed by atoms with van der Waals surface area (Å²) in [5, 5.41) is 0. The van der Waals surface area contributed by atoms with E-state index in [1.807, 2.05) is 48.1 Å². The molecule has 0 atom stereocenters. The maximum absolute atomic E-state index is 11.1. The molecule has 0 saturated carbocycles. The Morgan fingerprint density at radius 1 is 0.733 bits per heavy atom. The zero-order valence-corrected chi connectivity index (χ0v) is 22.3. The van der Waals surface area contributed by atoms with Crippen LogP contribution in [0.1, 0.15) is 54.9 Å². The molecule has 0 aromatic carbocycles. The number of hydrogen-bond donors (Lipinski definition) is 0. The van der Waals surface area contributed by atoms with Gasteiger partial charge in [0.2, 0.25) is 0 Å². The van der Waals surface area contributed by atoms with E-state index >= 15 is 0 Å². The molecule has 0 amide bonds. The summed E-state index contributed by atoms with van der Waals surface area (Å²) >= 11 is 0. The predicted molar refractivity (Wildman–Crippen MR) is 122 cm³/mol. The molecule has 0 heterocycles. The van der Waals surface area contributed by atoms with Gasteiger partial charge in [-0.1, -0.05) is 6.58 Å². The number of carbonyl (C=O) groups is 1. The van der Waals surface area contributed by atoms with Crippen LogP contribution >= 0.6 is 0 Å². The van der Waals surface area contributed by atoms with E-state index in [0.29, 0.717) is 51.8 Å². The molecule has 0 rings (SSSR count). The van der Waals surface area contributed by atoms with Crippen LogP contribution in [-0.4, -0.2) is 69.8 Å². The highest BCUT2D eigenvalue weighted by molar-refractivity contribution is 6.66. The van der Waals surface area contributed by atoms with Crippen LogP contribution in [0, 0.1) is 0 Å². The van der Waals surface area contributed by atoms with Crippen molar-refractivity contribution in [1.29, 1.82) is 0 Å². The highest BCUT2D eigenvalue weighted by Gasteiger charge is 2.44. The molecule has 0 aromatic rings. The quantitative estimate of drug-likeness (QED) is 0.136. The molecule has 10 heteroatoms. The molecule has 0 fully saturated rings. The molecular weight excluding hydrogens is 424 g/mol. The van der Waals surface area contributed by atoms with Gasteiger partial charge in [0.25, 0.3) is 0 Å². The van der Waals surface area contributed by atoms with Crippen LogP contribution in [0.2, 0.25) is 12.6 Å². The number of esters is 1. The minimum absolute atomic E-state index is 0.332. The van der Waals surface area contributed by atoms with Gasteiger partial charge in [-0.3, -0.25) is 0 Å². The van der Waals surface area contributed by atoms with Gasteiger partial charge in [0.1, 0.15) is 0 Å². The smallest absolute Gasteiger partial charge is 0.462 e. The molecule has 0 radical (unpaired) electrons. The zero-order valence-electron chi connectivity index (χ0n) is 20.3. The Morgan fingerprint density at radius 2 is 1.10 bits per heavy atom. The van der Waals surface area contributed by atoms with Crippen molar-refractivity contribution in [1.82, 2.24) is 0 Å². The lowest BCUT2D eigenvalue weighted by atomic mass is 10.4. The van der Waals surface area contributed by atoms with Crippen molar-refractivity contribution in [2.45, 2.75) is 67.5 Å². The molecule has 0 aliphatic rings. The van der Waals surface area contributed by atoms with Gasteiger partial charge in [-0.25, -0.2) is 4.79 Å². The van der Waals surface area contributed by atoms with E-state index in [1.165, 1.54) is 0 Å². The number of rotatable bonds is 17. The van der Waals surface area contributed by atoms with Gasteiger partial charge < -0.3 is 31.3 Å². The van der Waals surface area contributed by atoms with Crippen LogP contribution in [-0.2, 0) is 36.1 Å². The van der Waals surface area contributed by atoms with Crippen molar-refractivity contribution < 1.29 is 36.1 Å². The third kappa shape index (κ3) is 15.2. The molecule has 0 aliphatic carbocycles. The fraction of sp³-hybridized carbons (Fsp3) is 0.850. The average Bonchev–Trinajstić information content (AvgIpc) is 2.67. The number of carbonyl (C=O) groups excluding carboxylic acids is 1. The summed E-state index contributed by atoms with van der Waals surface area (Å²) in [4.78, 5) is 11.1. The normalized spacial score (nSPS) is 11.6. The molecule has 0 saturated heterocycles. The van der Waals surface area contributed by atoms with Gasteiger partial charge in [-0.2, -0.15) is 0 Å². The molecule has 0 aliphatic heterocycles. The van der Waals surface area contributed by atoms with Gasteiger partial charge in [-0.05, 0) is 67.5 Å². The molecule has 180 valence electrons. The average molecular weight is 469 g/mol. The Balaban J connectivity index is 0. The molecule has 0 aromatic heterocycles. The van der Waals surface area contributed by atoms with E-state index in [2.05, 4.69) is 6.58 Å². The molecule has 0 unspecified atom stereocenters. The number of hydrogen-bond acceptors (Lipinski definition) is 8. The Labute approximate surface area is 185 Å². The highest BCUT2D eigenvalue weighted by atomic mass is 28.4. The van der Waals surface area contributed by atoms with Gasteiger partial charge in [0.15, 0.2) is 0 Å². The second kappa shape index (κ2) is 19.1. The summed E-state index contributed by atoms with van der Waals surface area (Å²) in [6, 6.07) is 0.831. The van der Waals surface area contributed by atoms with E-state index in [9.17, 15) is 4.79 Å². The summed E-state index contributed by atoms with van der Waals surface area (Å²) in [5.74, 6) is -0.332. The van der Waals surface area contributed by atoms with Crippen molar-refractivity contribution >= 4 is 23.6 Å². The lowest BCUT2D eigenvalue weighted by Crippen LogP contribution is -2.49. The summed E-state index contributed by atoms with van der Waals surface area (Å²) in [5.41, 5.74) is 0.430. The lowest BCUT2D eigenvalue weighted by molar-refractivity contribution is -0.138. The molecular formula is C20H44O8Si2. The lowest BCUT2D eigenvalue weighted by Gasteiger charge is -2.26. The monoisotopic (exact) mass is 468 g/mol. The third-order valence-corrected chi connectivity index (χ3v) is 9.17. The first-order valence-electron chi connectivity index (χ1n) is 10.9. The van der Waals surface area contributed by atoms with E-state index in [4.69, 9.17) is 31.3 Å². The Bertz CT molecular complexity index is 413. The fourth-order valence-corrected chi connectivity index (χ4v) is 6.73. The number of ether oxygens (including phenoxy) is 1. The minimum atomic E-state index is -2.80. The second-order valence-electron chi connectivity index (χ2n) is 6.25. The molecule has 0 N–H and O–H groups in total. The van der Waals surface area contributed by atoms with Gasteiger partial charge in [-0.15, -0.1) is 0 Å². The standard InChI is InChI=1S/C12H24O4Si.C8H20O4Si/c1-6-15-17(5,16-7-2)10-8-9-14-12(13)11(3)4;1-5-9-13(10-6-2,11-7-3)12-8-4/h3,6-10H2,1-2,4-5H3;5-8H2,1-4H3. The first-order chi connectivity index (χ1) is 14.2. The first kappa shape index (κ1) is 31.6. The summed E-state index contributed by atoms with van der Waals surface area (Å²) in [6.07, 6.45) is 0.766.